The average Bonchev–Trinajstić information content (AvgIpc) is 2.67. The van der Waals surface area contributed by atoms with Crippen molar-refractivity contribution in [1.82, 2.24) is 0 Å². The van der Waals surface area contributed by atoms with Gasteiger partial charge in [0.2, 0.25) is 5.91 Å². The molecule has 2 rings (SSSR count). The molecule has 7 nitrogen and oxygen atoms in total. The van der Waals surface area contributed by atoms with Crippen molar-refractivity contribution in [1.29, 1.82) is 0 Å². The molecule has 2 N–H and O–H groups in total. The smallest absolute Gasteiger partial charge is 0.262 e. The van der Waals surface area contributed by atoms with Gasteiger partial charge in [0.1, 0.15) is 11.5 Å². The molecule has 1 amide bonds. The van der Waals surface area contributed by atoms with Gasteiger partial charge in [-0.15, -0.1) is 11.8 Å². The van der Waals surface area contributed by atoms with Crippen LogP contribution in [0.5, 0.6) is 11.5 Å². The molecular formula is C19H24N2O5S2. The third kappa shape index (κ3) is 5.11. The molecule has 0 radical (unpaired) electrons. The summed E-state index contributed by atoms with van der Waals surface area (Å²) in [5.41, 5.74) is 0.737. The molecule has 0 saturated carbocycles. The predicted octanol–water partition coefficient (Wildman–Crippen LogP) is 3.82. The summed E-state index contributed by atoms with van der Waals surface area (Å²) in [5, 5.41) is 2.78. The molecule has 0 heterocycles. The summed E-state index contributed by atoms with van der Waals surface area (Å²) in [7, 11) is -0.944. The lowest BCUT2D eigenvalue weighted by atomic mass is 10.2. The van der Waals surface area contributed by atoms with E-state index in [9.17, 15) is 13.2 Å². The zero-order chi connectivity index (χ0) is 20.9. The zero-order valence-corrected chi connectivity index (χ0v) is 18.0. The molecule has 9 heteroatoms. The van der Waals surface area contributed by atoms with Gasteiger partial charge in [0.05, 0.1) is 30.5 Å². The first kappa shape index (κ1) is 21.9. The highest BCUT2D eigenvalue weighted by Gasteiger charge is 2.20. The Labute approximate surface area is 169 Å². The fraction of sp³-hybridized carbons (Fsp3) is 0.316. The number of anilines is 2. The molecule has 0 bridgehead atoms. The predicted molar refractivity (Wildman–Crippen MR) is 112 cm³/mol. The Bertz CT molecular complexity index is 959. The molecule has 28 heavy (non-hydrogen) atoms. The number of amides is 1. The van der Waals surface area contributed by atoms with Crippen LogP contribution < -0.4 is 19.5 Å². The maximum Gasteiger partial charge on any atom is 0.262 e. The molecule has 2 aromatic carbocycles. The number of hydrogen-bond donors (Lipinski definition) is 2. The highest BCUT2D eigenvalue weighted by Crippen LogP contribution is 2.33. The number of carbonyl (C=O) groups is 1. The Hall–Kier alpha value is -2.39. The molecule has 0 spiro atoms. The third-order valence-corrected chi connectivity index (χ3v) is 6.08. The van der Waals surface area contributed by atoms with Crippen molar-refractivity contribution in [3.63, 3.8) is 0 Å². The number of nitrogens with one attached hydrogen (secondary N) is 2. The monoisotopic (exact) mass is 424 g/mol. The van der Waals surface area contributed by atoms with Crippen molar-refractivity contribution < 1.29 is 22.7 Å². The van der Waals surface area contributed by atoms with Crippen molar-refractivity contribution in [3.05, 3.63) is 36.4 Å². The Kier molecular flexibility index (Phi) is 7.20. The molecule has 0 aliphatic carbocycles. The molecule has 0 unspecified atom stereocenters. The first-order chi connectivity index (χ1) is 13.2. The SMILES string of the molecule is COc1ccc(NS(=O)(=O)c2ccc(SC)c(NC(=O)C(C)C)c2)c(OC)c1. The van der Waals surface area contributed by atoms with E-state index in [2.05, 4.69) is 10.0 Å². The second-order valence-electron chi connectivity index (χ2n) is 6.18. The van der Waals surface area contributed by atoms with Crippen LogP contribution in [-0.2, 0) is 14.8 Å². The van der Waals surface area contributed by atoms with Crippen LogP contribution in [0.2, 0.25) is 0 Å². The van der Waals surface area contributed by atoms with Crippen LogP contribution in [0.1, 0.15) is 13.8 Å². The van der Waals surface area contributed by atoms with Gasteiger partial charge in [0.25, 0.3) is 10.0 Å². The lowest BCUT2D eigenvalue weighted by molar-refractivity contribution is -0.118. The van der Waals surface area contributed by atoms with Crippen LogP contribution in [0, 0.1) is 5.92 Å². The van der Waals surface area contributed by atoms with Gasteiger partial charge < -0.3 is 14.8 Å². The normalized spacial score (nSPS) is 11.2. The van der Waals surface area contributed by atoms with Crippen molar-refractivity contribution >= 4 is 39.1 Å². The van der Waals surface area contributed by atoms with Gasteiger partial charge in [-0.2, -0.15) is 0 Å². The fourth-order valence-corrected chi connectivity index (χ4v) is 3.95. The summed E-state index contributed by atoms with van der Waals surface area (Å²) in [6, 6.07) is 9.39. The second kappa shape index (κ2) is 9.20. The lowest BCUT2D eigenvalue weighted by Gasteiger charge is -2.15. The highest BCUT2D eigenvalue weighted by atomic mass is 32.2. The van der Waals surface area contributed by atoms with Gasteiger partial charge in [-0.3, -0.25) is 9.52 Å². The van der Waals surface area contributed by atoms with Gasteiger partial charge in [0, 0.05) is 16.9 Å². The first-order valence-corrected chi connectivity index (χ1v) is 11.2. The lowest BCUT2D eigenvalue weighted by Crippen LogP contribution is -2.19. The maximum absolute atomic E-state index is 12.9. The minimum atomic E-state index is -3.90. The number of thioether (sulfide) groups is 1. The second-order valence-corrected chi connectivity index (χ2v) is 8.71. The summed E-state index contributed by atoms with van der Waals surface area (Å²) in [5.74, 6) is 0.464. The molecule has 2 aromatic rings. The molecule has 0 atom stereocenters. The zero-order valence-electron chi connectivity index (χ0n) is 16.4. The van der Waals surface area contributed by atoms with Gasteiger partial charge in [-0.05, 0) is 36.6 Å². The molecule has 0 aliphatic rings. The Morgan fingerprint density at radius 1 is 1.04 bits per heavy atom. The number of rotatable bonds is 8. The van der Waals surface area contributed by atoms with E-state index in [0.29, 0.717) is 17.2 Å². The first-order valence-electron chi connectivity index (χ1n) is 8.45. The number of sulfonamides is 1. The standard InChI is InChI=1S/C19H24N2O5S2/c1-12(2)19(22)20-16-11-14(7-9-18(16)27-5)28(23,24)21-15-8-6-13(25-3)10-17(15)26-4/h6-12,21H,1-5H3,(H,20,22). The fourth-order valence-electron chi connectivity index (χ4n) is 2.32. The summed E-state index contributed by atoms with van der Waals surface area (Å²) in [4.78, 5) is 12.9. The van der Waals surface area contributed by atoms with Crippen LogP contribution in [0.4, 0.5) is 11.4 Å². The minimum Gasteiger partial charge on any atom is -0.497 e. The van der Waals surface area contributed by atoms with Gasteiger partial charge in [-0.1, -0.05) is 13.8 Å². The highest BCUT2D eigenvalue weighted by molar-refractivity contribution is 7.98. The van der Waals surface area contributed by atoms with Crippen molar-refractivity contribution in [2.75, 3.05) is 30.5 Å². The number of benzene rings is 2. The van der Waals surface area contributed by atoms with E-state index in [4.69, 9.17) is 9.47 Å². The van der Waals surface area contributed by atoms with E-state index in [1.807, 2.05) is 6.26 Å². The van der Waals surface area contributed by atoms with Crippen LogP contribution in [0.15, 0.2) is 46.2 Å². The van der Waals surface area contributed by atoms with Gasteiger partial charge >= 0.3 is 0 Å². The molecule has 152 valence electrons. The molecule has 0 saturated heterocycles. The number of carbonyl (C=O) groups excluding carboxylic acids is 1. The number of ether oxygens (including phenoxy) is 2. The average molecular weight is 425 g/mol. The minimum absolute atomic E-state index is 0.0298. The molecule has 0 fully saturated rings. The molecule has 0 aromatic heterocycles. The largest absolute Gasteiger partial charge is 0.497 e. The Morgan fingerprint density at radius 2 is 1.75 bits per heavy atom. The van der Waals surface area contributed by atoms with Gasteiger partial charge in [0.15, 0.2) is 0 Å². The van der Waals surface area contributed by atoms with Crippen LogP contribution in [-0.4, -0.2) is 34.8 Å². The summed E-state index contributed by atoms with van der Waals surface area (Å²) in [6.45, 7) is 3.54. The van der Waals surface area contributed by atoms with Crippen LogP contribution >= 0.6 is 11.8 Å². The summed E-state index contributed by atoms with van der Waals surface area (Å²) >= 11 is 1.42. The van der Waals surface area contributed by atoms with Crippen molar-refractivity contribution in [2.45, 2.75) is 23.6 Å². The van der Waals surface area contributed by atoms with Crippen LogP contribution in [0.3, 0.4) is 0 Å². The molecule has 0 aliphatic heterocycles. The van der Waals surface area contributed by atoms with Crippen LogP contribution in [0.25, 0.3) is 0 Å². The Balaban J connectivity index is 2.39. The van der Waals surface area contributed by atoms with E-state index in [1.54, 1.807) is 38.1 Å². The van der Waals surface area contributed by atoms with E-state index >= 15 is 0 Å². The number of hydrogen-bond acceptors (Lipinski definition) is 6. The molecular weight excluding hydrogens is 400 g/mol. The topological polar surface area (TPSA) is 93.7 Å². The number of methoxy groups -OCH3 is 2. The van der Waals surface area contributed by atoms with E-state index in [-0.39, 0.29) is 22.4 Å². The van der Waals surface area contributed by atoms with E-state index < -0.39 is 10.0 Å². The summed E-state index contributed by atoms with van der Waals surface area (Å²) < 4.78 is 38.6. The quantitative estimate of drug-likeness (QED) is 0.626. The maximum atomic E-state index is 12.9. The third-order valence-electron chi connectivity index (χ3n) is 3.92. The van der Waals surface area contributed by atoms with E-state index in [1.165, 1.54) is 38.1 Å². The van der Waals surface area contributed by atoms with Crippen molar-refractivity contribution in [2.24, 2.45) is 5.92 Å². The van der Waals surface area contributed by atoms with E-state index in [0.717, 1.165) is 4.90 Å². The Morgan fingerprint density at radius 3 is 2.32 bits per heavy atom. The van der Waals surface area contributed by atoms with Gasteiger partial charge in [-0.25, -0.2) is 8.42 Å². The van der Waals surface area contributed by atoms with Crippen molar-refractivity contribution in [3.8, 4) is 11.5 Å². The summed E-state index contributed by atoms with van der Waals surface area (Å²) in [6.07, 6.45) is 1.86.